The molecule has 1 saturated heterocycles. The van der Waals surface area contributed by atoms with Crippen molar-refractivity contribution in [1.82, 2.24) is 10.6 Å². The highest BCUT2D eigenvalue weighted by molar-refractivity contribution is 5.95. The smallest absolute Gasteiger partial charge is 0.325 e. The Morgan fingerprint density at radius 3 is 2.10 bits per heavy atom. The Bertz CT molecular complexity index is 1200. The number of hydrogen-bond donors (Lipinski definition) is 7. The minimum absolute atomic E-state index is 0.0263. The number of aliphatic carboxylic acids is 3. The number of nitro groups is 1. The first-order valence-electron chi connectivity index (χ1n) is 12.8. The average molecular weight is 590 g/mol. The molecular formula is C27H35N5O10. The molecule has 42 heavy (non-hydrogen) atoms. The lowest BCUT2D eigenvalue weighted by atomic mass is 10.1. The zero-order valence-corrected chi connectivity index (χ0v) is 22.9. The molecule has 0 unspecified atom stereocenters. The summed E-state index contributed by atoms with van der Waals surface area (Å²) in [6, 6.07) is 13.2. The fraction of sp³-hybridized carbons (Fsp3) is 0.370. The largest absolute Gasteiger partial charge is 0.481 e. The molecule has 8 N–H and O–H groups in total. The molecule has 0 aliphatic carbocycles. The summed E-state index contributed by atoms with van der Waals surface area (Å²) in [7, 11) is 0. The maximum atomic E-state index is 12.0. The highest BCUT2D eigenvalue weighted by atomic mass is 16.6. The van der Waals surface area contributed by atoms with Crippen molar-refractivity contribution < 1.29 is 44.2 Å². The van der Waals surface area contributed by atoms with E-state index in [9.17, 15) is 34.1 Å². The van der Waals surface area contributed by atoms with Gasteiger partial charge in [-0.05, 0) is 50.4 Å². The van der Waals surface area contributed by atoms with Gasteiger partial charge in [0.15, 0.2) is 0 Å². The first-order valence-corrected chi connectivity index (χ1v) is 12.8. The normalized spacial score (nSPS) is 14.9. The van der Waals surface area contributed by atoms with Crippen LogP contribution in [0.15, 0.2) is 54.6 Å². The standard InChI is InChI=1S/C15H15N3O3.C7H11NO5.C5H9NO2/c16-14(10-11-4-2-1-3-5-11)15(19)17-12-6-8-13(9-7-12)18(20)21;1-4(7(12)13)8-5(9)2-3-6(10)11;7-5(8)4-2-1-3-6-4/h1-9,14H,10,16H2,(H,17,19);4H,2-3H2,1H3,(H,8,9)(H,10,11)(H,12,13);4,6H,1-3H2,(H,7,8)/t14-;2*4-/m000/s1. The molecule has 0 bridgehead atoms. The number of hydrogen-bond acceptors (Lipinski definition) is 9. The number of nitrogens with one attached hydrogen (secondary N) is 3. The molecular weight excluding hydrogens is 554 g/mol. The molecule has 0 spiro atoms. The van der Waals surface area contributed by atoms with E-state index in [-0.39, 0.29) is 30.5 Å². The zero-order chi connectivity index (χ0) is 31.7. The predicted molar refractivity (Wildman–Crippen MR) is 151 cm³/mol. The molecule has 3 atom stereocenters. The lowest BCUT2D eigenvalue weighted by Crippen LogP contribution is -2.38. The summed E-state index contributed by atoms with van der Waals surface area (Å²) in [5, 5.41) is 43.1. The molecule has 3 rings (SSSR count). The number of amides is 2. The summed E-state index contributed by atoms with van der Waals surface area (Å²) in [6.45, 7) is 2.16. The Morgan fingerprint density at radius 2 is 1.64 bits per heavy atom. The molecule has 228 valence electrons. The summed E-state index contributed by atoms with van der Waals surface area (Å²) in [6.07, 6.45) is 1.72. The number of carboxylic acid groups (broad SMARTS) is 3. The molecule has 0 saturated carbocycles. The molecule has 1 aliphatic rings. The second-order valence-electron chi connectivity index (χ2n) is 9.10. The molecule has 2 aromatic carbocycles. The maximum Gasteiger partial charge on any atom is 0.325 e. The molecule has 1 fully saturated rings. The number of carbonyl (C=O) groups is 5. The van der Waals surface area contributed by atoms with Crippen molar-refractivity contribution in [1.29, 1.82) is 0 Å². The number of rotatable bonds is 11. The van der Waals surface area contributed by atoms with Gasteiger partial charge in [0.05, 0.1) is 17.4 Å². The van der Waals surface area contributed by atoms with E-state index >= 15 is 0 Å². The van der Waals surface area contributed by atoms with Gasteiger partial charge in [0, 0.05) is 24.2 Å². The molecule has 15 heteroatoms. The van der Waals surface area contributed by atoms with Gasteiger partial charge in [-0.1, -0.05) is 30.3 Å². The van der Waals surface area contributed by atoms with Gasteiger partial charge < -0.3 is 37.0 Å². The highest BCUT2D eigenvalue weighted by Gasteiger charge is 2.20. The third-order valence-electron chi connectivity index (χ3n) is 5.65. The topological polar surface area (TPSA) is 251 Å². The fourth-order valence-electron chi connectivity index (χ4n) is 3.35. The minimum atomic E-state index is -1.15. The van der Waals surface area contributed by atoms with Crippen molar-refractivity contribution in [3.63, 3.8) is 0 Å². The highest BCUT2D eigenvalue weighted by Crippen LogP contribution is 2.15. The third kappa shape index (κ3) is 14.5. The van der Waals surface area contributed by atoms with Crippen molar-refractivity contribution in [3.8, 4) is 0 Å². The minimum Gasteiger partial charge on any atom is -0.481 e. The summed E-state index contributed by atoms with van der Waals surface area (Å²) in [4.78, 5) is 63.2. The molecule has 1 heterocycles. The first-order chi connectivity index (χ1) is 19.8. The van der Waals surface area contributed by atoms with Gasteiger partial charge in [-0.25, -0.2) is 0 Å². The summed E-state index contributed by atoms with van der Waals surface area (Å²) >= 11 is 0. The number of benzene rings is 2. The number of nitrogens with zero attached hydrogens (tertiary/aromatic N) is 1. The van der Waals surface area contributed by atoms with Gasteiger partial charge >= 0.3 is 17.9 Å². The number of nitro benzene ring substituents is 1. The van der Waals surface area contributed by atoms with Crippen LogP contribution in [-0.4, -0.2) is 74.6 Å². The van der Waals surface area contributed by atoms with Crippen LogP contribution in [0.3, 0.4) is 0 Å². The van der Waals surface area contributed by atoms with Crippen molar-refractivity contribution >= 4 is 41.1 Å². The molecule has 1 aliphatic heterocycles. The van der Waals surface area contributed by atoms with E-state index in [1.54, 1.807) is 0 Å². The van der Waals surface area contributed by atoms with Crippen molar-refractivity contribution in [2.75, 3.05) is 11.9 Å². The Kier molecular flexibility index (Phi) is 15.4. The molecule has 15 nitrogen and oxygen atoms in total. The first kappa shape index (κ1) is 35.1. The van der Waals surface area contributed by atoms with E-state index < -0.39 is 40.8 Å². The van der Waals surface area contributed by atoms with E-state index in [2.05, 4.69) is 16.0 Å². The van der Waals surface area contributed by atoms with Crippen LogP contribution in [0.2, 0.25) is 0 Å². The fourth-order valence-corrected chi connectivity index (χ4v) is 3.35. The van der Waals surface area contributed by atoms with Crippen LogP contribution >= 0.6 is 0 Å². The van der Waals surface area contributed by atoms with Gasteiger partial charge in [0.1, 0.15) is 12.1 Å². The molecule has 0 aromatic heterocycles. The van der Waals surface area contributed by atoms with Gasteiger partial charge in [-0.15, -0.1) is 0 Å². The summed E-state index contributed by atoms with van der Waals surface area (Å²) in [5.41, 5.74) is 7.29. The average Bonchev–Trinajstić information content (AvgIpc) is 3.49. The lowest BCUT2D eigenvalue weighted by Gasteiger charge is -2.12. The monoisotopic (exact) mass is 589 g/mol. The van der Waals surface area contributed by atoms with Gasteiger partial charge in [0.2, 0.25) is 11.8 Å². The van der Waals surface area contributed by atoms with Crippen LogP contribution in [0, 0.1) is 10.1 Å². The Morgan fingerprint density at radius 1 is 1.02 bits per heavy atom. The van der Waals surface area contributed by atoms with E-state index in [0.29, 0.717) is 12.1 Å². The zero-order valence-electron chi connectivity index (χ0n) is 22.9. The second kappa shape index (κ2) is 18.5. The number of carbonyl (C=O) groups excluding carboxylic acids is 2. The number of nitrogens with two attached hydrogens (primary N) is 1. The maximum absolute atomic E-state index is 12.0. The molecule has 0 radical (unpaired) electrons. The van der Waals surface area contributed by atoms with Crippen LogP contribution in [0.25, 0.3) is 0 Å². The number of carboxylic acids is 3. The Hall–Kier alpha value is -4.89. The van der Waals surface area contributed by atoms with E-state index in [4.69, 9.17) is 21.1 Å². The van der Waals surface area contributed by atoms with Gasteiger partial charge in [0.25, 0.3) is 5.69 Å². The van der Waals surface area contributed by atoms with Crippen LogP contribution in [-0.2, 0) is 30.4 Å². The predicted octanol–water partition coefficient (Wildman–Crippen LogP) is 1.37. The number of non-ortho nitro benzene ring substituents is 1. The van der Waals surface area contributed by atoms with Crippen LogP contribution < -0.4 is 21.7 Å². The van der Waals surface area contributed by atoms with E-state index in [0.717, 1.165) is 24.9 Å². The van der Waals surface area contributed by atoms with Crippen molar-refractivity contribution in [2.45, 2.75) is 57.2 Å². The van der Waals surface area contributed by atoms with E-state index in [1.807, 2.05) is 30.3 Å². The second-order valence-corrected chi connectivity index (χ2v) is 9.10. The summed E-state index contributed by atoms with van der Waals surface area (Å²) < 4.78 is 0. The van der Waals surface area contributed by atoms with Crippen LogP contribution in [0.1, 0.15) is 38.2 Å². The number of anilines is 1. The quantitative estimate of drug-likeness (QED) is 0.145. The lowest BCUT2D eigenvalue weighted by molar-refractivity contribution is -0.384. The van der Waals surface area contributed by atoms with Gasteiger partial charge in [-0.2, -0.15) is 0 Å². The van der Waals surface area contributed by atoms with Crippen molar-refractivity contribution in [3.05, 3.63) is 70.3 Å². The summed E-state index contributed by atoms with van der Waals surface area (Å²) in [5.74, 6) is -3.85. The van der Waals surface area contributed by atoms with Crippen LogP contribution in [0.5, 0.6) is 0 Å². The van der Waals surface area contributed by atoms with E-state index in [1.165, 1.54) is 31.2 Å². The van der Waals surface area contributed by atoms with Crippen LogP contribution in [0.4, 0.5) is 11.4 Å². The Balaban J connectivity index is 0.000000356. The third-order valence-corrected chi connectivity index (χ3v) is 5.65. The van der Waals surface area contributed by atoms with Gasteiger partial charge in [-0.3, -0.25) is 34.1 Å². The van der Waals surface area contributed by atoms with Crippen molar-refractivity contribution in [2.24, 2.45) is 5.73 Å². The Labute approximate surface area is 241 Å². The molecule has 2 aromatic rings. The molecule has 2 amide bonds. The SMILES string of the molecule is C[C@H](NC(=O)CCC(=O)O)C(=O)O.N[C@@H](Cc1ccccc1)C(=O)Nc1ccc([N+](=O)[O-])cc1.O=C(O)[C@@H]1CCCN1.